The molecule has 0 bridgehead atoms. The second-order valence-electron chi connectivity index (χ2n) is 6.59. The van der Waals surface area contributed by atoms with E-state index in [1.165, 1.54) is 5.56 Å². The highest BCUT2D eigenvalue weighted by Crippen LogP contribution is 2.19. The van der Waals surface area contributed by atoms with Crippen molar-refractivity contribution in [2.75, 3.05) is 31.5 Å². The topological polar surface area (TPSA) is 70.4 Å². The van der Waals surface area contributed by atoms with Crippen LogP contribution in [-0.4, -0.2) is 42.0 Å². The van der Waals surface area contributed by atoms with Crippen molar-refractivity contribution < 1.29 is 9.21 Å². The number of rotatable bonds is 7. The fourth-order valence-corrected chi connectivity index (χ4v) is 3.19. The number of pyridine rings is 1. The number of amides is 1. The van der Waals surface area contributed by atoms with Crippen molar-refractivity contribution in [3.63, 3.8) is 0 Å². The minimum atomic E-state index is 0.0563. The van der Waals surface area contributed by atoms with Crippen molar-refractivity contribution in [2.45, 2.75) is 26.3 Å². The molecular formula is C19H26N4O2. The minimum Gasteiger partial charge on any atom is -0.468 e. The Bertz CT molecular complexity index is 672. The lowest BCUT2D eigenvalue weighted by Crippen LogP contribution is -2.43. The molecule has 1 aliphatic heterocycles. The zero-order valence-corrected chi connectivity index (χ0v) is 14.7. The summed E-state index contributed by atoms with van der Waals surface area (Å²) in [6, 6.07) is 7.84. The minimum absolute atomic E-state index is 0.0563. The summed E-state index contributed by atoms with van der Waals surface area (Å²) >= 11 is 0. The fraction of sp³-hybridized carbons (Fsp3) is 0.474. The third kappa shape index (κ3) is 5.32. The van der Waals surface area contributed by atoms with E-state index in [0.29, 0.717) is 13.1 Å². The maximum absolute atomic E-state index is 12.4. The van der Waals surface area contributed by atoms with E-state index in [1.54, 1.807) is 12.5 Å². The number of aryl methyl sites for hydroxylation is 1. The van der Waals surface area contributed by atoms with Gasteiger partial charge in [-0.25, -0.2) is 4.98 Å². The van der Waals surface area contributed by atoms with Crippen molar-refractivity contribution >= 4 is 11.7 Å². The van der Waals surface area contributed by atoms with E-state index in [9.17, 15) is 4.79 Å². The van der Waals surface area contributed by atoms with Crippen molar-refractivity contribution in [3.8, 4) is 0 Å². The molecule has 0 spiro atoms. The molecular weight excluding hydrogens is 316 g/mol. The van der Waals surface area contributed by atoms with Gasteiger partial charge in [-0.15, -0.1) is 0 Å². The lowest BCUT2D eigenvalue weighted by Gasteiger charge is -2.31. The SMILES string of the molecule is Cc1ccnc(NCCNC(=O)[C@@H]2CCCN(Cc3ccco3)C2)c1. The Kier molecular flexibility index (Phi) is 6.06. The summed E-state index contributed by atoms with van der Waals surface area (Å²) in [6.45, 7) is 5.89. The molecule has 0 unspecified atom stereocenters. The van der Waals surface area contributed by atoms with E-state index in [0.717, 1.165) is 44.1 Å². The molecule has 1 fully saturated rings. The predicted molar refractivity (Wildman–Crippen MR) is 97.2 cm³/mol. The number of aromatic nitrogens is 1. The summed E-state index contributed by atoms with van der Waals surface area (Å²) in [5, 5.41) is 6.27. The van der Waals surface area contributed by atoms with E-state index < -0.39 is 0 Å². The van der Waals surface area contributed by atoms with Crippen LogP contribution in [0.2, 0.25) is 0 Å². The van der Waals surface area contributed by atoms with Crippen LogP contribution < -0.4 is 10.6 Å². The largest absolute Gasteiger partial charge is 0.468 e. The van der Waals surface area contributed by atoms with E-state index in [2.05, 4.69) is 20.5 Å². The van der Waals surface area contributed by atoms with E-state index in [1.807, 2.05) is 31.2 Å². The fourth-order valence-electron chi connectivity index (χ4n) is 3.19. The number of carbonyl (C=O) groups is 1. The Balaban J connectivity index is 1.38. The van der Waals surface area contributed by atoms with Gasteiger partial charge >= 0.3 is 0 Å². The van der Waals surface area contributed by atoms with Crippen molar-refractivity contribution in [1.29, 1.82) is 0 Å². The van der Waals surface area contributed by atoms with Crippen LogP contribution in [0.4, 0.5) is 5.82 Å². The van der Waals surface area contributed by atoms with Gasteiger partial charge in [0.2, 0.25) is 5.91 Å². The molecule has 1 amide bonds. The number of piperidine rings is 1. The molecule has 6 heteroatoms. The normalized spacial score (nSPS) is 18.0. The van der Waals surface area contributed by atoms with Crippen LogP contribution >= 0.6 is 0 Å². The number of hydrogen-bond acceptors (Lipinski definition) is 5. The van der Waals surface area contributed by atoms with Gasteiger partial charge in [-0.3, -0.25) is 9.69 Å². The number of anilines is 1. The zero-order valence-electron chi connectivity index (χ0n) is 14.7. The molecule has 2 N–H and O–H groups in total. The van der Waals surface area contributed by atoms with Gasteiger partial charge in [0.1, 0.15) is 11.6 Å². The van der Waals surface area contributed by atoms with Crippen molar-refractivity contribution in [3.05, 3.63) is 48.0 Å². The number of furan rings is 1. The summed E-state index contributed by atoms with van der Waals surface area (Å²) < 4.78 is 5.41. The molecule has 3 rings (SSSR count). The van der Waals surface area contributed by atoms with Crippen LogP contribution in [0.15, 0.2) is 41.1 Å². The smallest absolute Gasteiger partial charge is 0.224 e. The van der Waals surface area contributed by atoms with Gasteiger partial charge in [-0.05, 0) is 56.1 Å². The molecule has 2 aromatic heterocycles. The van der Waals surface area contributed by atoms with E-state index in [4.69, 9.17) is 4.42 Å². The van der Waals surface area contributed by atoms with E-state index >= 15 is 0 Å². The van der Waals surface area contributed by atoms with Crippen LogP contribution in [0.5, 0.6) is 0 Å². The van der Waals surface area contributed by atoms with Gasteiger partial charge in [-0.2, -0.15) is 0 Å². The van der Waals surface area contributed by atoms with Crippen molar-refractivity contribution in [1.82, 2.24) is 15.2 Å². The predicted octanol–water partition coefficient (Wildman–Crippen LogP) is 2.42. The van der Waals surface area contributed by atoms with E-state index in [-0.39, 0.29) is 11.8 Å². The first-order valence-corrected chi connectivity index (χ1v) is 8.89. The number of nitrogens with zero attached hydrogens (tertiary/aromatic N) is 2. The maximum atomic E-state index is 12.4. The molecule has 1 aliphatic rings. The van der Waals surface area contributed by atoms with Gasteiger partial charge in [0, 0.05) is 25.8 Å². The first kappa shape index (κ1) is 17.5. The van der Waals surface area contributed by atoms with Crippen molar-refractivity contribution in [2.24, 2.45) is 5.92 Å². The third-order valence-corrected chi connectivity index (χ3v) is 4.48. The molecule has 0 radical (unpaired) electrons. The summed E-state index contributed by atoms with van der Waals surface area (Å²) in [5.74, 6) is 2.00. The quantitative estimate of drug-likeness (QED) is 0.756. The van der Waals surface area contributed by atoms with Crippen LogP contribution in [0.3, 0.4) is 0 Å². The Labute approximate surface area is 148 Å². The Morgan fingerprint density at radius 3 is 3.12 bits per heavy atom. The van der Waals surface area contributed by atoms with Crippen LogP contribution in [-0.2, 0) is 11.3 Å². The molecule has 0 aliphatic carbocycles. The lowest BCUT2D eigenvalue weighted by atomic mass is 9.97. The molecule has 134 valence electrons. The second kappa shape index (κ2) is 8.67. The second-order valence-corrected chi connectivity index (χ2v) is 6.59. The zero-order chi connectivity index (χ0) is 17.5. The number of nitrogens with one attached hydrogen (secondary N) is 2. The highest BCUT2D eigenvalue weighted by Gasteiger charge is 2.25. The molecule has 25 heavy (non-hydrogen) atoms. The number of likely N-dealkylation sites (tertiary alicyclic amines) is 1. The van der Waals surface area contributed by atoms with Gasteiger partial charge in [0.25, 0.3) is 0 Å². The monoisotopic (exact) mass is 342 g/mol. The lowest BCUT2D eigenvalue weighted by molar-refractivity contribution is -0.126. The highest BCUT2D eigenvalue weighted by atomic mass is 16.3. The third-order valence-electron chi connectivity index (χ3n) is 4.48. The van der Waals surface area contributed by atoms with Gasteiger partial charge in [0.15, 0.2) is 0 Å². The molecule has 0 saturated carbocycles. The highest BCUT2D eigenvalue weighted by molar-refractivity contribution is 5.79. The number of hydrogen-bond donors (Lipinski definition) is 2. The van der Waals surface area contributed by atoms with Gasteiger partial charge in [-0.1, -0.05) is 0 Å². The Morgan fingerprint density at radius 2 is 2.32 bits per heavy atom. The molecule has 1 atom stereocenters. The first-order chi connectivity index (χ1) is 12.2. The summed E-state index contributed by atoms with van der Waals surface area (Å²) in [6.07, 6.45) is 5.48. The maximum Gasteiger partial charge on any atom is 0.224 e. The Morgan fingerprint density at radius 1 is 1.40 bits per heavy atom. The summed E-state index contributed by atoms with van der Waals surface area (Å²) in [4.78, 5) is 19.0. The summed E-state index contributed by atoms with van der Waals surface area (Å²) in [5.41, 5.74) is 1.17. The van der Waals surface area contributed by atoms with Crippen LogP contribution in [0.1, 0.15) is 24.2 Å². The number of carbonyl (C=O) groups excluding carboxylic acids is 1. The van der Waals surface area contributed by atoms with Gasteiger partial charge in [0.05, 0.1) is 18.7 Å². The standard InChI is InChI=1S/C19H26N4O2/c1-15-6-7-20-18(12-15)21-8-9-22-19(24)16-4-2-10-23(13-16)14-17-5-3-11-25-17/h3,5-7,11-12,16H,2,4,8-10,13-14H2,1H3,(H,20,21)(H,22,24)/t16-/m1/s1. The molecule has 1 saturated heterocycles. The first-order valence-electron chi connectivity index (χ1n) is 8.89. The van der Waals surface area contributed by atoms with Crippen LogP contribution in [0.25, 0.3) is 0 Å². The molecule has 2 aromatic rings. The molecule has 0 aromatic carbocycles. The Hall–Kier alpha value is -2.34. The van der Waals surface area contributed by atoms with Gasteiger partial charge < -0.3 is 15.1 Å². The molecule has 3 heterocycles. The molecule has 6 nitrogen and oxygen atoms in total. The van der Waals surface area contributed by atoms with Crippen LogP contribution in [0, 0.1) is 12.8 Å². The summed E-state index contributed by atoms with van der Waals surface area (Å²) in [7, 11) is 0. The average molecular weight is 342 g/mol. The average Bonchev–Trinajstić information content (AvgIpc) is 3.12.